The van der Waals surface area contributed by atoms with Crippen LogP contribution in [0.3, 0.4) is 0 Å². The Morgan fingerprint density at radius 3 is 2.95 bits per heavy atom. The summed E-state index contributed by atoms with van der Waals surface area (Å²) >= 11 is 0. The van der Waals surface area contributed by atoms with Gasteiger partial charge in [-0.3, -0.25) is 4.84 Å². The summed E-state index contributed by atoms with van der Waals surface area (Å²) in [5, 5.41) is 2.26. The molecule has 7 atom stereocenters. The number of hydrogen-bond acceptors (Lipinski definition) is 3. The molecule has 2 bridgehead atoms. The fraction of sp³-hybridized carbons (Fsp3) is 0.875. The SMILES string of the molecule is CC1(C)C2CCC1(C)[C@@H]1OC3C4CC=CC4ON3C21. The molecule has 0 aromatic heterocycles. The summed E-state index contributed by atoms with van der Waals surface area (Å²) in [6.45, 7) is 7.33. The van der Waals surface area contributed by atoms with Gasteiger partial charge in [-0.15, -0.1) is 0 Å². The molecule has 0 radical (unpaired) electrons. The van der Waals surface area contributed by atoms with E-state index in [0.29, 0.717) is 28.9 Å². The van der Waals surface area contributed by atoms with E-state index in [9.17, 15) is 0 Å². The second-order valence-corrected chi connectivity index (χ2v) is 7.98. The van der Waals surface area contributed by atoms with E-state index in [1.165, 1.54) is 12.8 Å². The molecular formula is C16H23NO2. The van der Waals surface area contributed by atoms with E-state index in [-0.39, 0.29) is 12.3 Å². The lowest BCUT2D eigenvalue weighted by Gasteiger charge is -2.38. The normalized spacial score (nSPS) is 60.6. The van der Waals surface area contributed by atoms with Crippen molar-refractivity contribution in [1.29, 1.82) is 0 Å². The van der Waals surface area contributed by atoms with Gasteiger partial charge < -0.3 is 4.74 Å². The van der Waals surface area contributed by atoms with E-state index in [1.807, 2.05) is 0 Å². The predicted molar refractivity (Wildman–Crippen MR) is 71.0 cm³/mol. The molecule has 5 aliphatic rings. The summed E-state index contributed by atoms with van der Waals surface area (Å²) in [6, 6.07) is 0.498. The average Bonchev–Trinajstić information content (AvgIpc) is 3.04. The molecule has 2 saturated heterocycles. The zero-order valence-corrected chi connectivity index (χ0v) is 12.0. The molecule has 0 aromatic carbocycles. The van der Waals surface area contributed by atoms with Gasteiger partial charge in [0.05, 0.1) is 12.1 Å². The molecule has 19 heavy (non-hydrogen) atoms. The lowest BCUT2D eigenvalue weighted by Crippen LogP contribution is -2.42. The zero-order valence-electron chi connectivity index (χ0n) is 12.0. The largest absolute Gasteiger partial charge is 0.355 e. The summed E-state index contributed by atoms with van der Waals surface area (Å²) in [5.74, 6) is 1.27. The Bertz CT molecular complexity index is 473. The van der Waals surface area contributed by atoms with Crippen molar-refractivity contribution >= 4 is 0 Å². The highest BCUT2D eigenvalue weighted by Crippen LogP contribution is 2.70. The van der Waals surface area contributed by atoms with Crippen LogP contribution < -0.4 is 0 Å². The number of rotatable bonds is 0. The third-order valence-electron chi connectivity index (χ3n) is 7.32. The topological polar surface area (TPSA) is 21.7 Å². The monoisotopic (exact) mass is 261 g/mol. The van der Waals surface area contributed by atoms with Gasteiger partial charge in [-0.2, -0.15) is 5.06 Å². The molecule has 3 heteroatoms. The molecule has 2 saturated carbocycles. The van der Waals surface area contributed by atoms with Crippen molar-refractivity contribution < 1.29 is 9.57 Å². The van der Waals surface area contributed by atoms with Crippen LogP contribution in [0.1, 0.15) is 40.0 Å². The molecule has 2 heterocycles. The lowest BCUT2D eigenvalue weighted by atomic mass is 9.70. The van der Waals surface area contributed by atoms with Crippen LogP contribution in [0.15, 0.2) is 12.2 Å². The molecule has 4 fully saturated rings. The third-order valence-corrected chi connectivity index (χ3v) is 7.32. The van der Waals surface area contributed by atoms with Gasteiger partial charge in [0.15, 0.2) is 0 Å². The fourth-order valence-corrected chi connectivity index (χ4v) is 5.78. The number of hydroxylamine groups is 2. The van der Waals surface area contributed by atoms with Gasteiger partial charge in [-0.25, -0.2) is 0 Å². The third kappa shape index (κ3) is 1.03. The highest BCUT2D eigenvalue weighted by atomic mass is 16.8. The molecule has 0 spiro atoms. The maximum atomic E-state index is 6.56. The minimum atomic E-state index is 0.214. The minimum absolute atomic E-state index is 0.214. The first-order valence-corrected chi connectivity index (χ1v) is 7.81. The number of allylic oxidation sites excluding steroid dienone is 1. The molecule has 0 N–H and O–H groups in total. The second-order valence-electron chi connectivity index (χ2n) is 7.98. The smallest absolute Gasteiger partial charge is 0.140 e. The van der Waals surface area contributed by atoms with Crippen LogP contribution in [0, 0.1) is 22.7 Å². The van der Waals surface area contributed by atoms with Crippen molar-refractivity contribution in [2.24, 2.45) is 22.7 Å². The standard InChI is InChI=1S/C16H23NO2/c1-15(2)10-7-8-16(15,3)13-12(10)17-14(18-13)9-5-4-6-11(9)19-17/h4,6,9-14H,5,7-8H2,1-3H3/t9?,10?,11?,12?,13-,14?,16?/m1/s1. The van der Waals surface area contributed by atoms with Crippen LogP contribution >= 0.6 is 0 Å². The van der Waals surface area contributed by atoms with Gasteiger partial charge in [-0.05, 0) is 30.6 Å². The summed E-state index contributed by atoms with van der Waals surface area (Å²) in [5.41, 5.74) is 0.710. The average molecular weight is 261 g/mol. The predicted octanol–water partition coefficient (Wildman–Crippen LogP) is 2.73. The summed E-state index contributed by atoms with van der Waals surface area (Å²) < 4.78 is 6.56. The molecule has 3 aliphatic carbocycles. The molecule has 5 rings (SSSR count). The van der Waals surface area contributed by atoms with Crippen LogP contribution in [0.5, 0.6) is 0 Å². The minimum Gasteiger partial charge on any atom is -0.355 e. The lowest BCUT2D eigenvalue weighted by molar-refractivity contribution is -0.188. The van der Waals surface area contributed by atoms with Crippen molar-refractivity contribution in [2.75, 3.05) is 0 Å². The molecular weight excluding hydrogens is 238 g/mol. The van der Waals surface area contributed by atoms with Crippen molar-refractivity contribution in [3.63, 3.8) is 0 Å². The van der Waals surface area contributed by atoms with Crippen molar-refractivity contribution in [3.05, 3.63) is 12.2 Å². The molecule has 6 unspecified atom stereocenters. The molecule has 3 nitrogen and oxygen atoms in total. The van der Waals surface area contributed by atoms with Gasteiger partial charge in [0, 0.05) is 11.3 Å². The Kier molecular flexibility index (Phi) is 1.84. The van der Waals surface area contributed by atoms with E-state index in [4.69, 9.17) is 9.57 Å². The van der Waals surface area contributed by atoms with Crippen molar-refractivity contribution in [3.8, 4) is 0 Å². The maximum absolute atomic E-state index is 6.56. The molecule has 0 aromatic rings. The van der Waals surface area contributed by atoms with E-state index in [0.717, 1.165) is 12.3 Å². The van der Waals surface area contributed by atoms with E-state index in [2.05, 4.69) is 38.0 Å². The van der Waals surface area contributed by atoms with Crippen molar-refractivity contribution in [1.82, 2.24) is 5.06 Å². The first kappa shape index (κ1) is 11.3. The maximum Gasteiger partial charge on any atom is 0.140 e. The number of ether oxygens (including phenoxy) is 1. The Morgan fingerprint density at radius 1 is 1.26 bits per heavy atom. The molecule has 104 valence electrons. The van der Waals surface area contributed by atoms with Crippen LogP contribution in [-0.2, 0) is 9.57 Å². The molecule has 2 aliphatic heterocycles. The summed E-state index contributed by atoms with van der Waals surface area (Å²) in [7, 11) is 0. The molecule has 0 amide bonds. The fourth-order valence-electron chi connectivity index (χ4n) is 5.78. The number of hydrogen-bond donors (Lipinski definition) is 0. The highest BCUT2D eigenvalue weighted by Gasteiger charge is 2.73. The summed E-state index contributed by atoms with van der Waals surface area (Å²) in [6.07, 6.45) is 9.13. The van der Waals surface area contributed by atoms with Crippen LogP contribution in [0.4, 0.5) is 0 Å². The summed E-state index contributed by atoms with van der Waals surface area (Å²) in [4.78, 5) is 6.24. The van der Waals surface area contributed by atoms with Crippen molar-refractivity contribution in [2.45, 2.75) is 64.5 Å². The van der Waals surface area contributed by atoms with Gasteiger partial charge in [0.1, 0.15) is 12.3 Å². The van der Waals surface area contributed by atoms with Gasteiger partial charge in [0.25, 0.3) is 0 Å². The number of nitrogens with zero attached hydrogens (tertiary/aromatic N) is 1. The van der Waals surface area contributed by atoms with Gasteiger partial charge in [0.2, 0.25) is 0 Å². The zero-order chi connectivity index (χ0) is 13.0. The van der Waals surface area contributed by atoms with E-state index in [1.54, 1.807) is 0 Å². The van der Waals surface area contributed by atoms with Crippen LogP contribution in [-0.4, -0.2) is 29.5 Å². The van der Waals surface area contributed by atoms with Gasteiger partial charge in [-0.1, -0.05) is 32.9 Å². The van der Waals surface area contributed by atoms with E-state index >= 15 is 0 Å². The quantitative estimate of drug-likeness (QED) is 0.626. The Hall–Kier alpha value is -0.380. The first-order chi connectivity index (χ1) is 9.04. The van der Waals surface area contributed by atoms with Crippen LogP contribution in [0.2, 0.25) is 0 Å². The Morgan fingerprint density at radius 2 is 2.11 bits per heavy atom. The first-order valence-electron chi connectivity index (χ1n) is 7.81. The Balaban J connectivity index is 1.55. The highest BCUT2D eigenvalue weighted by molar-refractivity contribution is 5.21. The van der Waals surface area contributed by atoms with Crippen LogP contribution in [0.25, 0.3) is 0 Å². The second kappa shape index (κ2) is 3.10. The van der Waals surface area contributed by atoms with Gasteiger partial charge >= 0.3 is 0 Å². The number of fused-ring (bicyclic) bond motifs is 9. The Labute approximate surface area is 114 Å². The van der Waals surface area contributed by atoms with E-state index < -0.39 is 0 Å².